The zero-order valence-electron chi connectivity index (χ0n) is 12.8. The molecular formula is C16H20N2O4S. The first-order valence-electron chi connectivity index (χ1n) is 7.22. The Morgan fingerprint density at radius 3 is 2.70 bits per heavy atom. The number of pyridine rings is 1. The van der Waals surface area contributed by atoms with Crippen LogP contribution in [-0.2, 0) is 22.3 Å². The number of nitrogens with one attached hydrogen (secondary N) is 1. The number of aliphatic hydroxyl groups excluding tert-OH is 1. The van der Waals surface area contributed by atoms with Gasteiger partial charge in [0.25, 0.3) is 5.56 Å². The summed E-state index contributed by atoms with van der Waals surface area (Å²) in [7, 11) is -3.55. The van der Waals surface area contributed by atoms with E-state index in [1.807, 2.05) is 13.0 Å². The lowest BCUT2D eigenvalue weighted by Crippen LogP contribution is -2.36. The average Bonchev–Trinajstić information content (AvgIpc) is 2.47. The van der Waals surface area contributed by atoms with Crippen molar-refractivity contribution in [3.05, 3.63) is 70.1 Å². The van der Waals surface area contributed by atoms with E-state index in [4.69, 9.17) is 0 Å². The average molecular weight is 336 g/mol. The van der Waals surface area contributed by atoms with Crippen LogP contribution in [0, 0.1) is 6.92 Å². The molecule has 0 aliphatic heterocycles. The summed E-state index contributed by atoms with van der Waals surface area (Å²) in [6.45, 7) is 1.78. The summed E-state index contributed by atoms with van der Waals surface area (Å²) in [4.78, 5) is 11.5. The Kier molecular flexibility index (Phi) is 5.70. The van der Waals surface area contributed by atoms with E-state index in [9.17, 15) is 18.3 Å². The molecule has 0 radical (unpaired) electrons. The van der Waals surface area contributed by atoms with Crippen LogP contribution in [0.4, 0.5) is 0 Å². The maximum atomic E-state index is 12.0. The van der Waals surface area contributed by atoms with Gasteiger partial charge in [-0.1, -0.05) is 35.9 Å². The van der Waals surface area contributed by atoms with Gasteiger partial charge in [0.2, 0.25) is 10.0 Å². The normalized spacial score (nSPS) is 13.0. The minimum Gasteiger partial charge on any atom is -0.390 e. The fraction of sp³-hybridized carbons (Fsp3) is 0.312. The van der Waals surface area contributed by atoms with E-state index in [2.05, 4.69) is 4.72 Å². The Balaban J connectivity index is 1.91. The number of nitrogens with zero attached hydrogens (tertiary/aromatic N) is 1. The third-order valence-electron chi connectivity index (χ3n) is 3.28. The largest absolute Gasteiger partial charge is 0.390 e. The van der Waals surface area contributed by atoms with Crippen LogP contribution >= 0.6 is 0 Å². The standard InChI is InChI=1S/C16H20N2O4S/c1-13-5-4-6-14(9-13)12-23(21,22)17-10-15(19)11-18-8-3-2-7-16(18)20/h2-9,15,17,19H,10-12H2,1H3. The van der Waals surface area contributed by atoms with Crippen LogP contribution in [0.25, 0.3) is 0 Å². The number of hydrogen-bond donors (Lipinski definition) is 2. The number of benzene rings is 1. The summed E-state index contributed by atoms with van der Waals surface area (Å²) in [5, 5.41) is 9.91. The molecule has 0 saturated carbocycles. The van der Waals surface area contributed by atoms with Gasteiger partial charge >= 0.3 is 0 Å². The summed E-state index contributed by atoms with van der Waals surface area (Å²) in [5.41, 5.74) is 1.43. The van der Waals surface area contributed by atoms with Gasteiger partial charge in [-0.25, -0.2) is 13.1 Å². The summed E-state index contributed by atoms with van der Waals surface area (Å²) in [6, 6.07) is 11.9. The Morgan fingerprint density at radius 1 is 1.22 bits per heavy atom. The van der Waals surface area contributed by atoms with Crippen LogP contribution in [-0.4, -0.2) is 30.7 Å². The topological polar surface area (TPSA) is 88.4 Å². The number of sulfonamides is 1. The van der Waals surface area contributed by atoms with Crippen molar-refractivity contribution in [2.45, 2.75) is 25.3 Å². The first-order chi connectivity index (χ1) is 10.9. The van der Waals surface area contributed by atoms with Gasteiger partial charge in [-0.2, -0.15) is 0 Å². The highest BCUT2D eigenvalue weighted by Gasteiger charge is 2.14. The minimum atomic E-state index is -3.55. The molecule has 0 spiro atoms. The second kappa shape index (κ2) is 7.54. The molecule has 0 saturated heterocycles. The van der Waals surface area contributed by atoms with Crippen LogP contribution in [0.15, 0.2) is 53.5 Å². The molecule has 2 N–H and O–H groups in total. The van der Waals surface area contributed by atoms with Crippen molar-refractivity contribution >= 4 is 10.0 Å². The molecule has 23 heavy (non-hydrogen) atoms. The van der Waals surface area contributed by atoms with Gasteiger partial charge in [-0.05, 0) is 18.6 Å². The second-order valence-corrected chi connectivity index (χ2v) is 7.25. The first kappa shape index (κ1) is 17.4. The van der Waals surface area contributed by atoms with Gasteiger partial charge in [0.1, 0.15) is 0 Å². The first-order valence-corrected chi connectivity index (χ1v) is 8.87. The van der Waals surface area contributed by atoms with Gasteiger partial charge in [-0.3, -0.25) is 4.79 Å². The van der Waals surface area contributed by atoms with Crippen LogP contribution in [0.2, 0.25) is 0 Å². The van der Waals surface area contributed by atoms with Crippen molar-refractivity contribution in [1.82, 2.24) is 9.29 Å². The third-order valence-corrected chi connectivity index (χ3v) is 4.60. The maximum Gasteiger partial charge on any atom is 0.250 e. The summed E-state index contributed by atoms with van der Waals surface area (Å²) in [6.07, 6.45) is 0.565. The second-order valence-electron chi connectivity index (χ2n) is 5.44. The molecule has 2 aromatic rings. The van der Waals surface area contributed by atoms with Crippen LogP contribution in [0.3, 0.4) is 0 Å². The Hall–Kier alpha value is -1.96. The van der Waals surface area contributed by atoms with Crippen LogP contribution < -0.4 is 10.3 Å². The lowest BCUT2D eigenvalue weighted by atomic mass is 10.2. The summed E-state index contributed by atoms with van der Waals surface area (Å²) >= 11 is 0. The van der Waals surface area contributed by atoms with Crippen molar-refractivity contribution in [1.29, 1.82) is 0 Å². The zero-order chi connectivity index (χ0) is 16.9. The highest BCUT2D eigenvalue weighted by molar-refractivity contribution is 7.88. The van der Waals surface area contributed by atoms with Crippen molar-refractivity contribution in [3.63, 3.8) is 0 Å². The number of aliphatic hydroxyl groups is 1. The number of hydrogen-bond acceptors (Lipinski definition) is 4. The van der Waals surface area contributed by atoms with Crippen molar-refractivity contribution in [2.75, 3.05) is 6.54 Å². The Morgan fingerprint density at radius 2 is 2.00 bits per heavy atom. The zero-order valence-corrected chi connectivity index (χ0v) is 13.7. The highest BCUT2D eigenvalue weighted by Crippen LogP contribution is 2.07. The van der Waals surface area contributed by atoms with E-state index in [1.54, 1.807) is 36.5 Å². The van der Waals surface area contributed by atoms with E-state index < -0.39 is 16.1 Å². The van der Waals surface area contributed by atoms with Crippen LogP contribution in [0.5, 0.6) is 0 Å². The lowest BCUT2D eigenvalue weighted by Gasteiger charge is -2.14. The molecule has 0 amide bonds. The van der Waals surface area contributed by atoms with E-state index in [0.29, 0.717) is 5.56 Å². The van der Waals surface area contributed by atoms with Gasteiger partial charge in [-0.15, -0.1) is 0 Å². The Bertz CT molecular complexity index is 815. The quantitative estimate of drug-likeness (QED) is 0.776. The SMILES string of the molecule is Cc1cccc(CS(=O)(=O)NCC(O)Cn2ccccc2=O)c1. The third kappa shape index (κ3) is 5.63. The predicted molar refractivity (Wildman–Crippen MR) is 88.5 cm³/mol. The van der Waals surface area contributed by atoms with Crippen molar-refractivity contribution in [2.24, 2.45) is 0 Å². The fourth-order valence-corrected chi connectivity index (χ4v) is 3.37. The Labute approximate surface area is 135 Å². The van der Waals surface area contributed by atoms with Gasteiger partial charge < -0.3 is 9.67 Å². The van der Waals surface area contributed by atoms with Crippen molar-refractivity contribution in [3.8, 4) is 0 Å². The van der Waals surface area contributed by atoms with E-state index in [0.717, 1.165) is 5.56 Å². The molecular weight excluding hydrogens is 316 g/mol. The lowest BCUT2D eigenvalue weighted by molar-refractivity contribution is 0.156. The molecule has 1 aromatic heterocycles. The molecule has 0 bridgehead atoms. The van der Waals surface area contributed by atoms with Crippen molar-refractivity contribution < 1.29 is 13.5 Å². The molecule has 1 aromatic carbocycles. The molecule has 0 aliphatic rings. The molecule has 7 heteroatoms. The van der Waals surface area contributed by atoms with Gasteiger partial charge in [0, 0.05) is 18.8 Å². The van der Waals surface area contributed by atoms with Gasteiger partial charge in [0.05, 0.1) is 18.4 Å². The highest BCUT2D eigenvalue weighted by atomic mass is 32.2. The molecule has 0 fully saturated rings. The predicted octanol–water partition coefficient (Wildman–Crippen LogP) is 0.637. The molecule has 1 unspecified atom stereocenters. The number of rotatable bonds is 7. The minimum absolute atomic E-state index is 0.0344. The molecule has 2 rings (SSSR count). The molecule has 1 atom stereocenters. The number of aryl methyl sites for hydroxylation is 1. The molecule has 124 valence electrons. The smallest absolute Gasteiger partial charge is 0.250 e. The maximum absolute atomic E-state index is 12.0. The van der Waals surface area contributed by atoms with Gasteiger partial charge in [0.15, 0.2) is 0 Å². The molecule has 6 nitrogen and oxygen atoms in total. The fourth-order valence-electron chi connectivity index (χ4n) is 2.20. The van der Waals surface area contributed by atoms with E-state index in [-0.39, 0.29) is 24.4 Å². The monoisotopic (exact) mass is 336 g/mol. The number of aromatic nitrogens is 1. The van der Waals surface area contributed by atoms with Crippen LogP contribution in [0.1, 0.15) is 11.1 Å². The molecule has 0 aliphatic carbocycles. The van der Waals surface area contributed by atoms with E-state index >= 15 is 0 Å². The summed E-state index contributed by atoms with van der Waals surface area (Å²) in [5.74, 6) is -0.146. The summed E-state index contributed by atoms with van der Waals surface area (Å²) < 4.78 is 27.8. The molecule has 1 heterocycles. The van der Waals surface area contributed by atoms with E-state index in [1.165, 1.54) is 10.6 Å².